The van der Waals surface area contributed by atoms with Gasteiger partial charge in [-0.15, -0.1) is 0 Å². The van der Waals surface area contributed by atoms with Crippen LogP contribution in [0.4, 0.5) is 0 Å². The number of rotatable bonds is 17. The van der Waals surface area contributed by atoms with Crippen molar-refractivity contribution in [2.45, 2.75) is 400 Å². The third-order valence-corrected chi connectivity index (χ3v) is 35.7. The second kappa shape index (κ2) is 35.4. The first-order chi connectivity index (χ1) is 61.4. The summed E-state index contributed by atoms with van der Waals surface area (Å²) in [4.78, 5) is 96.5. The van der Waals surface area contributed by atoms with Gasteiger partial charge in [-0.05, 0) is 347 Å². The molecule has 127 heavy (non-hydrogen) atoms. The molecular formula is C108H144O19. The van der Waals surface area contributed by atoms with Gasteiger partial charge in [0.2, 0.25) is 46.3 Å². The van der Waals surface area contributed by atoms with E-state index in [9.17, 15) is 19.2 Å². The lowest BCUT2D eigenvalue weighted by Crippen LogP contribution is -2.59. The van der Waals surface area contributed by atoms with Gasteiger partial charge in [-0.25, -0.2) is 0 Å². The number of benzene rings is 4. The summed E-state index contributed by atoms with van der Waals surface area (Å²) >= 11 is 0. The van der Waals surface area contributed by atoms with Crippen LogP contribution in [0.5, 0.6) is 17.2 Å². The van der Waals surface area contributed by atoms with Crippen LogP contribution in [0.2, 0.25) is 0 Å². The lowest BCUT2D eigenvalue weighted by atomic mass is 9.53. The summed E-state index contributed by atoms with van der Waals surface area (Å²) in [6.45, 7) is 12.2. The van der Waals surface area contributed by atoms with E-state index in [4.69, 9.17) is 72.3 Å². The first-order valence-electron chi connectivity index (χ1n) is 51.2. The Morgan fingerprint density at radius 2 is 0.583 bits per heavy atom. The van der Waals surface area contributed by atoms with Gasteiger partial charge >= 0.3 is 17.9 Å². The second-order valence-electron chi connectivity index (χ2n) is 46.0. The van der Waals surface area contributed by atoms with Gasteiger partial charge in [0.25, 0.3) is 0 Å². The number of carbonyl (C=O) groups is 4. The zero-order valence-corrected chi connectivity index (χ0v) is 76.9. The first kappa shape index (κ1) is 88.1. The van der Waals surface area contributed by atoms with Crippen molar-refractivity contribution in [3.05, 3.63) is 125 Å². The second-order valence-corrected chi connectivity index (χ2v) is 46.0. The fourth-order valence-corrected chi connectivity index (χ4v) is 30.3. The van der Waals surface area contributed by atoms with E-state index in [-0.39, 0.29) is 41.9 Å². The average Bonchev–Trinajstić information content (AvgIpc) is 1.70. The monoisotopic (exact) mass is 1750 g/mol. The van der Waals surface area contributed by atoms with Crippen LogP contribution in [0.25, 0.3) is 0 Å². The van der Waals surface area contributed by atoms with Gasteiger partial charge in [-0.3, -0.25) is 14.4 Å². The summed E-state index contributed by atoms with van der Waals surface area (Å²) in [6, 6.07) is 33.1. The summed E-state index contributed by atoms with van der Waals surface area (Å²) < 4.78 is 44.0. The standard InChI is InChI=1S/C29H40O5.C27H34O6.C27H36O5.C25H34O3/c1-27(2,3)12-10-26(30)31-25-8-6-21(7-9-25)22-5-4-11-28(18-22)32-29(34-33-28)23-14-19-13-20(16-23)17-24(29)15-19;1-17(28)4-9-25(29)30-24-7-5-20(6-8-24)21-3-2-10-26(16-21)31-27(33-32-26)22-12-18-11-19(14-22)15-23(27)13-18;1-2-3-6-25(28)29-24-9-7-20(8-10-24)21-5-4-11-26(17-21)30-27(32-31-26)22-13-18-12-19(15-22)16-23(27)14-18;1-2-4-17-6-8-20(9-7-17)21-5-3-10-24(16-21)26-25(28-27-24)22-12-18-11-19(14-22)15-23(25)13-18/h6-9,19-20,22-24H,4-5,10-18H2,1-3H3;5-8,18-19,21-23H,2-4,9-16H2,1H3;7-10,18-19,21-23H,2-6,11-17H2,1H3;6-9,18-19,21-23H,2-5,10-16H2,1H3/t19?,20?,22?,23?,24?,28-,29?;2*18?,19?,21?,22?,23?,26-,27?;18?,19?,21?,22?,23?,24-,25?/m1111/s1. The topological polar surface area (TPSA) is 207 Å². The summed E-state index contributed by atoms with van der Waals surface area (Å²) in [5.41, 5.74) is 6.74. The predicted octanol–water partition coefficient (Wildman–Crippen LogP) is 24.7. The molecule has 19 nitrogen and oxygen atoms in total. The molecule has 24 fully saturated rings. The van der Waals surface area contributed by atoms with Crippen LogP contribution in [-0.4, -0.2) is 70.0 Å². The number of unbranched alkanes of at least 4 members (excludes halogenated alkanes) is 1. The molecule has 4 aliphatic heterocycles. The van der Waals surface area contributed by atoms with Gasteiger partial charge in [0.1, 0.15) is 23.0 Å². The van der Waals surface area contributed by atoms with Crippen LogP contribution in [-0.2, 0) is 83.6 Å². The van der Waals surface area contributed by atoms with Crippen LogP contribution in [0.3, 0.4) is 0 Å². The molecule has 24 aliphatic rings. The first-order valence-corrected chi connectivity index (χ1v) is 51.2. The summed E-state index contributed by atoms with van der Waals surface area (Å²) in [5.74, 6) is 9.39. The Morgan fingerprint density at radius 3 is 0.835 bits per heavy atom. The SMILES string of the molecule is CC(=O)CCC(=O)Oc1ccc(C2CCC[C@]3(C2)OOC2(O3)C3CC4CC(C3)CC2C4)cc1.CC(C)(C)CCC(=O)Oc1ccc(C2CCC[C@]3(C2)OOC2(O3)C3CC4CC(C3)CC2C4)cc1.CCCCC(=O)Oc1ccc(C2CCC[C@]3(C2)OOC2(O3)C3CC4CC(C3)CC2C4)cc1.CCCc1ccc(C2CCC[C@]3(C2)OOC2(O3)C3CC4CC(C3)CC2C4)cc1. The van der Waals surface area contributed by atoms with E-state index in [0.717, 1.165) is 163 Å². The Bertz CT molecular complexity index is 4440. The number of hydrogen-bond donors (Lipinski definition) is 0. The van der Waals surface area contributed by atoms with Crippen LogP contribution < -0.4 is 14.2 Å². The minimum atomic E-state index is -0.643. The van der Waals surface area contributed by atoms with Gasteiger partial charge in [-0.1, -0.05) is 108 Å². The maximum Gasteiger partial charge on any atom is 0.311 e. The minimum Gasteiger partial charge on any atom is -0.427 e. The van der Waals surface area contributed by atoms with Gasteiger partial charge in [0, 0.05) is 118 Å². The molecule has 20 aliphatic carbocycles. The number of ketones is 1. The Hall–Kier alpha value is -5.52. The van der Waals surface area contributed by atoms with E-state index in [0.29, 0.717) is 101 Å². The Labute approximate surface area is 753 Å². The molecule has 8 atom stereocenters. The van der Waals surface area contributed by atoms with Crippen molar-refractivity contribution in [1.29, 1.82) is 0 Å². The zero-order valence-electron chi connectivity index (χ0n) is 76.9. The molecule has 4 saturated heterocycles. The van der Waals surface area contributed by atoms with Gasteiger partial charge < -0.3 is 38.0 Å². The summed E-state index contributed by atoms with van der Waals surface area (Å²) in [5, 5.41) is 0. The minimum absolute atomic E-state index is 0.00991. The lowest BCUT2D eigenvalue weighted by Gasteiger charge is -2.57. The van der Waals surface area contributed by atoms with Crippen molar-refractivity contribution < 1.29 is 91.4 Å². The molecule has 4 heterocycles. The number of ether oxygens (including phenoxy) is 7. The summed E-state index contributed by atoms with van der Waals surface area (Å²) in [7, 11) is 0. The maximum atomic E-state index is 12.2. The van der Waals surface area contributed by atoms with Crippen molar-refractivity contribution in [3.8, 4) is 17.2 Å². The molecule has 19 heteroatoms. The highest BCUT2D eigenvalue weighted by Crippen LogP contribution is 2.70. The number of aryl methyl sites for hydroxylation is 1. The van der Waals surface area contributed by atoms with E-state index < -0.39 is 46.3 Å². The Morgan fingerprint density at radius 1 is 0.323 bits per heavy atom. The molecule has 0 amide bonds. The predicted molar refractivity (Wildman–Crippen MR) is 473 cm³/mol. The molecule has 16 bridgehead atoms. The van der Waals surface area contributed by atoms with E-state index in [1.54, 1.807) is 0 Å². The summed E-state index contributed by atoms with van der Waals surface area (Å²) in [6.07, 6.45) is 47.9. The van der Waals surface area contributed by atoms with Crippen molar-refractivity contribution in [2.75, 3.05) is 0 Å². The molecule has 690 valence electrons. The lowest BCUT2D eigenvalue weighted by molar-refractivity contribution is -0.390. The molecule has 8 spiro atoms. The fourth-order valence-electron chi connectivity index (χ4n) is 30.3. The van der Waals surface area contributed by atoms with E-state index in [1.807, 2.05) is 48.5 Å². The highest BCUT2D eigenvalue weighted by molar-refractivity contribution is 5.82. The highest BCUT2D eigenvalue weighted by atomic mass is 17.3. The third kappa shape index (κ3) is 17.8. The van der Waals surface area contributed by atoms with Crippen LogP contribution >= 0.6 is 0 Å². The van der Waals surface area contributed by atoms with Crippen LogP contribution in [0, 0.1) is 100 Å². The molecular weight excluding hydrogens is 1600 g/mol. The van der Waals surface area contributed by atoms with E-state index in [2.05, 4.69) is 83.1 Å². The molecule has 4 unspecified atom stereocenters. The van der Waals surface area contributed by atoms with Crippen molar-refractivity contribution >= 4 is 23.7 Å². The smallest absolute Gasteiger partial charge is 0.311 e. The van der Waals surface area contributed by atoms with E-state index in [1.165, 1.54) is 182 Å². The van der Waals surface area contributed by atoms with Gasteiger partial charge in [0.05, 0.1) is 6.42 Å². The number of carbonyl (C=O) groups excluding carboxylic acids is 4. The zero-order chi connectivity index (χ0) is 86.7. The molecule has 0 radical (unpaired) electrons. The van der Waals surface area contributed by atoms with Crippen LogP contribution in [0.15, 0.2) is 97.1 Å². The highest BCUT2D eigenvalue weighted by Gasteiger charge is 2.72. The van der Waals surface area contributed by atoms with Crippen molar-refractivity contribution in [1.82, 2.24) is 0 Å². The normalized spacial score (nSPS) is 42.5. The molecule has 0 N–H and O–H groups in total. The molecule has 4 aromatic carbocycles. The number of hydrogen-bond acceptors (Lipinski definition) is 19. The Balaban J connectivity index is 0.000000103. The van der Waals surface area contributed by atoms with Gasteiger partial charge in [-0.2, -0.15) is 39.1 Å². The molecule has 28 rings (SSSR count). The fraction of sp³-hybridized carbons (Fsp3) is 0.741. The quantitative estimate of drug-likeness (QED) is 0.0547. The number of Topliss-reactive ketones (excluding diaryl/α,β-unsaturated/α-hetero) is 1. The largest absolute Gasteiger partial charge is 0.427 e. The van der Waals surface area contributed by atoms with Crippen LogP contribution in [0.1, 0.15) is 376 Å². The maximum absolute atomic E-state index is 12.2. The average molecular weight is 1750 g/mol. The molecule has 0 aromatic heterocycles. The van der Waals surface area contributed by atoms with Crippen molar-refractivity contribution in [2.24, 2.45) is 100 Å². The Kier molecular flexibility index (Phi) is 24.5. The third-order valence-electron chi connectivity index (χ3n) is 35.7. The van der Waals surface area contributed by atoms with Gasteiger partial charge in [0.15, 0.2) is 0 Å². The van der Waals surface area contributed by atoms with E-state index >= 15 is 0 Å². The molecule has 20 saturated carbocycles. The number of esters is 3. The molecule has 4 aromatic rings. The van der Waals surface area contributed by atoms with Crippen molar-refractivity contribution in [3.63, 3.8) is 0 Å².